The molecule has 0 aliphatic rings. The van der Waals surface area contributed by atoms with Crippen molar-refractivity contribution in [2.45, 2.75) is 33.7 Å². The molecular formula is C28H27F2N3O3. The van der Waals surface area contributed by atoms with Gasteiger partial charge in [0.15, 0.2) is 0 Å². The zero-order chi connectivity index (χ0) is 25.9. The Labute approximate surface area is 207 Å². The first-order valence-electron chi connectivity index (χ1n) is 11.5. The molecule has 2 N–H and O–H groups in total. The fourth-order valence-electron chi connectivity index (χ4n) is 3.86. The molecule has 1 aromatic heterocycles. The van der Waals surface area contributed by atoms with Gasteiger partial charge < -0.3 is 14.6 Å². The summed E-state index contributed by atoms with van der Waals surface area (Å²) in [6, 6.07) is 19.1. The predicted molar refractivity (Wildman–Crippen MR) is 136 cm³/mol. The van der Waals surface area contributed by atoms with Crippen LogP contribution in [0, 0.1) is 17.0 Å². The van der Waals surface area contributed by atoms with Gasteiger partial charge in [0.05, 0.1) is 12.1 Å². The van der Waals surface area contributed by atoms with E-state index in [4.69, 9.17) is 4.74 Å². The molecule has 0 bridgehead atoms. The molecule has 36 heavy (non-hydrogen) atoms. The largest absolute Gasteiger partial charge is 0.418 e. The number of carbonyl (C=O) groups is 2. The Balaban J connectivity index is 1.68. The van der Waals surface area contributed by atoms with Gasteiger partial charge >= 0.3 is 6.09 Å². The van der Waals surface area contributed by atoms with Gasteiger partial charge in [0.1, 0.15) is 11.6 Å². The lowest BCUT2D eigenvalue weighted by Gasteiger charge is -2.17. The number of anilines is 2. The third-order valence-electron chi connectivity index (χ3n) is 5.43. The summed E-state index contributed by atoms with van der Waals surface area (Å²) in [5.41, 5.74) is 1.34. The van der Waals surface area contributed by atoms with Crippen molar-refractivity contribution in [2.24, 2.45) is 5.41 Å². The summed E-state index contributed by atoms with van der Waals surface area (Å²) < 4.78 is 36.0. The number of ether oxygens (including phenoxy) is 1. The smallest absolute Gasteiger partial charge is 0.393 e. The second kappa shape index (κ2) is 10.2. The molecule has 4 rings (SSSR count). The molecule has 0 aliphatic carbocycles. The lowest BCUT2D eigenvalue weighted by molar-refractivity contribution is -0.117. The zero-order valence-electron chi connectivity index (χ0n) is 20.3. The van der Waals surface area contributed by atoms with E-state index < -0.39 is 17.7 Å². The van der Waals surface area contributed by atoms with E-state index in [1.54, 1.807) is 48.5 Å². The quantitative estimate of drug-likeness (QED) is 0.306. The van der Waals surface area contributed by atoms with E-state index in [9.17, 15) is 18.4 Å². The van der Waals surface area contributed by atoms with Crippen LogP contribution in [-0.4, -0.2) is 16.6 Å². The summed E-state index contributed by atoms with van der Waals surface area (Å²) >= 11 is 0. The van der Waals surface area contributed by atoms with E-state index in [1.165, 1.54) is 22.8 Å². The normalized spacial score (nSPS) is 11.4. The number of carbonyl (C=O) groups excluding carboxylic acids is 2. The van der Waals surface area contributed by atoms with E-state index in [1.807, 2.05) is 26.8 Å². The lowest BCUT2D eigenvalue weighted by atomic mass is 9.92. The van der Waals surface area contributed by atoms with Crippen LogP contribution < -0.4 is 15.4 Å². The summed E-state index contributed by atoms with van der Waals surface area (Å²) in [5.74, 6) is -1.45. The van der Waals surface area contributed by atoms with Gasteiger partial charge in [-0.15, -0.1) is 0 Å². The molecule has 0 atom stereocenters. The van der Waals surface area contributed by atoms with Crippen molar-refractivity contribution in [1.82, 2.24) is 4.57 Å². The first-order chi connectivity index (χ1) is 17.1. The highest BCUT2D eigenvalue weighted by Crippen LogP contribution is 2.31. The van der Waals surface area contributed by atoms with Crippen molar-refractivity contribution in [3.63, 3.8) is 0 Å². The maximum atomic E-state index is 14.4. The van der Waals surface area contributed by atoms with E-state index in [0.29, 0.717) is 28.7 Å². The molecule has 0 saturated carbocycles. The molecule has 186 valence electrons. The van der Waals surface area contributed by atoms with E-state index >= 15 is 0 Å². The Morgan fingerprint density at radius 2 is 1.56 bits per heavy atom. The summed E-state index contributed by atoms with van der Waals surface area (Å²) in [6.45, 7) is 5.72. The van der Waals surface area contributed by atoms with Crippen LogP contribution in [-0.2, 0) is 11.3 Å². The van der Waals surface area contributed by atoms with E-state index in [0.717, 1.165) is 0 Å². The molecule has 6 nitrogen and oxygen atoms in total. The first kappa shape index (κ1) is 24.9. The monoisotopic (exact) mass is 491 g/mol. The van der Waals surface area contributed by atoms with E-state index in [-0.39, 0.29) is 29.3 Å². The minimum absolute atomic E-state index is 0.0965. The Hall–Kier alpha value is -4.20. The van der Waals surface area contributed by atoms with Crippen LogP contribution in [0.25, 0.3) is 10.9 Å². The summed E-state index contributed by atoms with van der Waals surface area (Å²) in [6.07, 6.45) is -0.412. The standard InChI is InChI=1S/C28H27F2N3O3/c1-28(2,3)16-25(34)31-20-12-13-24-18(14-20)15-26(36-27(35)32-19-8-5-4-6-9-19)33(24)17-21-22(29)10-7-11-23(21)30/h4-15H,16-17H2,1-3H3,(H,31,34)(H,32,35). The molecule has 0 saturated heterocycles. The number of fused-ring (bicyclic) bond motifs is 1. The Bertz CT molecular complexity index is 1390. The van der Waals surface area contributed by atoms with Crippen molar-refractivity contribution in [1.29, 1.82) is 0 Å². The SMILES string of the molecule is CC(C)(C)CC(=O)Nc1ccc2c(c1)cc(OC(=O)Nc1ccccc1)n2Cc1c(F)cccc1F. The van der Waals surface area contributed by atoms with Gasteiger partial charge in [-0.3, -0.25) is 10.1 Å². The topological polar surface area (TPSA) is 72.4 Å². The van der Waals surface area contributed by atoms with E-state index in [2.05, 4.69) is 10.6 Å². The lowest BCUT2D eigenvalue weighted by Crippen LogP contribution is -2.19. The van der Waals surface area contributed by atoms with Crippen LogP contribution in [0.5, 0.6) is 5.88 Å². The molecule has 3 aromatic carbocycles. The van der Waals surface area contributed by atoms with Crippen molar-refractivity contribution in [3.05, 3.63) is 90.0 Å². The van der Waals surface area contributed by atoms with Gasteiger partial charge in [0.2, 0.25) is 11.8 Å². The highest BCUT2D eigenvalue weighted by atomic mass is 19.1. The zero-order valence-corrected chi connectivity index (χ0v) is 20.3. The van der Waals surface area contributed by atoms with Crippen molar-refractivity contribution >= 4 is 34.3 Å². The number of amides is 2. The molecule has 0 fully saturated rings. The van der Waals surface area contributed by atoms with Gasteiger partial charge in [0, 0.05) is 34.8 Å². The first-order valence-corrected chi connectivity index (χ1v) is 11.5. The predicted octanol–water partition coefficient (Wildman–Crippen LogP) is 6.95. The highest BCUT2D eigenvalue weighted by molar-refractivity contribution is 5.95. The van der Waals surface area contributed by atoms with Gasteiger partial charge in [-0.25, -0.2) is 13.6 Å². The number of hydrogen-bond donors (Lipinski definition) is 2. The van der Waals surface area contributed by atoms with Gasteiger partial charge in [-0.05, 0) is 47.9 Å². The number of rotatable bonds is 6. The van der Waals surface area contributed by atoms with Crippen LogP contribution in [0.1, 0.15) is 32.8 Å². The molecule has 0 spiro atoms. The number of halogens is 2. The Morgan fingerprint density at radius 3 is 2.22 bits per heavy atom. The van der Waals surface area contributed by atoms with Crippen molar-refractivity contribution < 1.29 is 23.1 Å². The molecule has 0 aliphatic heterocycles. The van der Waals surface area contributed by atoms with Crippen molar-refractivity contribution in [3.8, 4) is 5.88 Å². The van der Waals surface area contributed by atoms with Crippen LogP contribution >= 0.6 is 0 Å². The third-order valence-corrected chi connectivity index (χ3v) is 5.43. The number of aromatic nitrogens is 1. The molecule has 8 heteroatoms. The average molecular weight is 492 g/mol. The molecule has 2 amide bonds. The minimum atomic E-state index is -0.752. The maximum Gasteiger partial charge on any atom is 0.418 e. The Morgan fingerprint density at radius 1 is 0.861 bits per heavy atom. The molecule has 1 heterocycles. The number of hydrogen-bond acceptors (Lipinski definition) is 3. The van der Waals surface area contributed by atoms with Gasteiger partial charge in [-0.1, -0.05) is 45.0 Å². The third kappa shape index (κ3) is 6.07. The molecular weight excluding hydrogens is 464 g/mol. The summed E-state index contributed by atoms with van der Waals surface area (Å²) in [7, 11) is 0. The fraction of sp³-hybridized carbons (Fsp3) is 0.214. The van der Waals surface area contributed by atoms with Crippen LogP contribution in [0.2, 0.25) is 0 Å². The second-order valence-electron chi connectivity index (χ2n) is 9.71. The number of para-hydroxylation sites is 1. The number of nitrogens with one attached hydrogen (secondary N) is 2. The fourth-order valence-corrected chi connectivity index (χ4v) is 3.86. The van der Waals surface area contributed by atoms with Gasteiger partial charge in [-0.2, -0.15) is 0 Å². The van der Waals surface area contributed by atoms with Gasteiger partial charge in [0.25, 0.3) is 0 Å². The summed E-state index contributed by atoms with van der Waals surface area (Å²) in [5, 5.41) is 6.13. The average Bonchev–Trinajstić information content (AvgIpc) is 3.11. The minimum Gasteiger partial charge on any atom is -0.393 e. The highest BCUT2D eigenvalue weighted by Gasteiger charge is 2.19. The van der Waals surface area contributed by atoms with Crippen molar-refractivity contribution in [2.75, 3.05) is 10.6 Å². The maximum absolute atomic E-state index is 14.4. The van der Waals surface area contributed by atoms with Crippen LogP contribution in [0.3, 0.4) is 0 Å². The summed E-state index contributed by atoms with van der Waals surface area (Å²) in [4.78, 5) is 25.0. The molecule has 4 aromatic rings. The number of nitrogens with zero attached hydrogens (tertiary/aromatic N) is 1. The second-order valence-corrected chi connectivity index (χ2v) is 9.71. The Kier molecular flexibility index (Phi) is 7.05. The number of benzene rings is 3. The van der Waals surface area contributed by atoms with Crippen LogP contribution in [0.4, 0.5) is 25.0 Å². The molecule has 0 unspecified atom stereocenters. The van der Waals surface area contributed by atoms with Crippen LogP contribution in [0.15, 0.2) is 72.8 Å². The molecule has 0 radical (unpaired) electrons.